The van der Waals surface area contributed by atoms with Gasteiger partial charge in [0.25, 0.3) is 0 Å². The zero-order valence-corrected chi connectivity index (χ0v) is 25.4. The van der Waals surface area contributed by atoms with Crippen molar-refractivity contribution in [1.82, 2.24) is 9.97 Å². The van der Waals surface area contributed by atoms with Gasteiger partial charge in [0.2, 0.25) is 0 Å². The second kappa shape index (κ2) is 12.2. The standard InChI is InChI=1S/C35H33FN4O3S/c1-42-28-13-9-27(10-14-28)39-16-18-40(19-17-39)34-33-30-15-6-25(20-32(30)44-35(33)38-22-37-34)23-4-11-29(12-5-23)43-21-31(41)24-2-7-26(36)8-3-24/h2-5,7-14,22,25H,6,15-21H2,1H3. The number of thiophene rings is 1. The van der Waals surface area contributed by atoms with E-state index in [1.807, 2.05) is 24.3 Å². The van der Waals surface area contributed by atoms with E-state index in [4.69, 9.17) is 14.5 Å². The average Bonchev–Trinajstić information content (AvgIpc) is 3.46. The fourth-order valence-electron chi connectivity index (χ4n) is 6.29. The Morgan fingerprint density at radius 2 is 1.61 bits per heavy atom. The van der Waals surface area contributed by atoms with Crippen molar-refractivity contribution in [2.24, 2.45) is 0 Å². The number of benzene rings is 3. The molecule has 44 heavy (non-hydrogen) atoms. The number of hydrogen-bond acceptors (Lipinski definition) is 8. The summed E-state index contributed by atoms with van der Waals surface area (Å²) in [5.41, 5.74) is 4.34. The van der Waals surface area contributed by atoms with Crippen LogP contribution in [0.3, 0.4) is 0 Å². The van der Waals surface area contributed by atoms with Crippen molar-refractivity contribution in [2.45, 2.75) is 25.2 Å². The van der Waals surface area contributed by atoms with E-state index in [1.54, 1.807) is 24.8 Å². The van der Waals surface area contributed by atoms with Gasteiger partial charge in [-0.15, -0.1) is 11.3 Å². The van der Waals surface area contributed by atoms with Gasteiger partial charge in [0, 0.05) is 42.3 Å². The summed E-state index contributed by atoms with van der Waals surface area (Å²) >= 11 is 1.80. The first-order valence-corrected chi connectivity index (χ1v) is 15.8. The number of ketones is 1. The number of aryl methyl sites for hydroxylation is 1. The lowest BCUT2D eigenvalue weighted by molar-refractivity contribution is 0.0921. The molecule has 0 radical (unpaired) electrons. The molecule has 5 aromatic rings. The van der Waals surface area contributed by atoms with Gasteiger partial charge in [-0.2, -0.15) is 0 Å². The molecule has 1 aliphatic heterocycles. The summed E-state index contributed by atoms with van der Waals surface area (Å²) in [7, 11) is 1.69. The molecule has 2 aliphatic rings. The normalized spacial score (nSPS) is 16.5. The number of ether oxygens (including phenoxy) is 2. The van der Waals surface area contributed by atoms with E-state index in [0.29, 0.717) is 17.2 Å². The fourth-order valence-corrected chi connectivity index (χ4v) is 7.55. The number of carbonyl (C=O) groups excluding carboxylic acids is 1. The van der Waals surface area contributed by atoms with Gasteiger partial charge in [-0.3, -0.25) is 4.79 Å². The molecule has 3 aromatic carbocycles. The van der Waals surface area contributed by atoms with E-state index in [-0.39, 0.29) is 18.2 Å². The molecule has 0 amide bonds. The molecule has 224 valence electrons. The van der Waals surface area contributed by atoms with E-state index in [9.17, 15) is 9.18 Å². The maximum Gasteiger partial charge on any atom is 0.200 e. The van der Waals surface area contributed by atoms with Crippen LogP contribution < -0.4 is 19.3 Å². The molecule has 1 atom stereocenters. The molecule has 0 spiro atoms. The van der Waals surface area contributed by atoms with E-state index >= 15 is 0 Å². The number of aromatic nitrogens is 2. The van der Waals surface area contributed by atoms with Crippen molar-refractivity contribution < 1.29 is 18.7 Å². The predicted molar refractivity (Wildman–Crippen MR) is 172 cm³/mol. The summed E-state index contributed by atoms with van der Waals surface area (Å²) in [6.45, 7) is 3.61. The minimum absolute atomic E-state index is 0.0839. The molecular formula is C35H33FN4O3S. The lowest BCUT2D eigenvalue weighted by Crippen LogP contribution is -2.47. The number of halogens is 1. The summed E-state index contributed by atoms with van der Waals surface area (Å²) in [5.74, 6) is 2.46. The molecule has 0 N–H and O–H groups in total. The highest BCUT2D eigenvalue weighted by molar-refractivity contribution is 7.19. The van der Waals surface area contributed by atoms with Crippen molar-refractivity contribution in [3.8, 4) is 11.5 Å². The third-order valence-corrected chi connectivity index (χ3v) is 9.89. The van der Waals surface area contributed by atoms with E-state index in [1.165, 1.54) is 51.3 Å². The molecule has 1 saturated heterocycles. The first-order chi connectivity index (χ1) is 21.6. The van der Waals surface area contributed by atoms with Crippen LogP contribution in [-0.4, -0.2) is 55.6 Å². The van der Waals surface area contributed by atoms with Crippen molar-refractivity contribution in [3.63, 3.8) is 0 Å². The number of fused-ring (bicyclic) bond motifs is 3. The van der Waals surface area contributed by atoms with Gasteiger partial charge in [-0.25, -0.2) is 14.4 Å². The Labute approximate surface area is 259 Å². The van der Waals surface area contributed by atoms with Crippen LogP contribution in [0.2, 0.25) is 0 Å². The lowest BCUT2D eigenvalue weighted by atomic mass is 9.83. The van der Waals surface area contributed by atoms with Crippen LogP contribution in [0.1, 0.15) is 38.7 Å². The van der Waals surface area contributed by atoms with Gasteiger partial charge in [0.15, 0.2) is 12.4 Å². The van der Waals surface area contributed by atoms with Crippen molar-refractivity contribution in [2.75, 3.05) is 49.7 Å². The van der Waals surface area contributed by atoms with Crippen LogP contribution in [0.25, 0.3) is 10.2 Å². The lowest BCUT2D eigenvalue weighted by Gasteiger charge is -2.37. The minimum atomic E-state index is -0.364. The second-order valence-corrected chi connectivity index (χ2v) is 12.4. The zero-order chi connectivity index (χ0) is 30.0. The zero-order valence-electron chi connectivity index (χ0n) is 24.5. The third kappa shape index (κ3) is 5.71. The summed E-state index contributed by atoms with van der Waals surface area (Å²) in [5, 5.41) is 1.23. The molecule has 0 bridgehead atoms. The molecule has 2 aromatic heterocycles. The summed E-state index contributed by atoms with van der Waals surface area (Å²) in [6, 6.07) is 21.9. The average molecular weight is 609 g/mol. The van der Waals surface area contributed by atoms with Gasteiger partial charge in [-0.1, -0.05) is 12.1 Å². The molecule has 1 aliphatic carbocycles. The molecule has 1 fully saturated rings. The summed E-state index contributed by atoms with van der Waals surface area (Å²) in [6.07, 6.45) is 4.75. The van der Waals surface area contributed by atoms with Crippen LogP contribution in [0, 0.1) is 5.82 Å². The topological polar surface area (TPSA) is 67.8 Å². The van der Waals surface area contributed by atoms with Crippen LogP contribution in [0.4, 0.5) is 15.9 Å². The van der Waals surface area contributed by atoms with Gasteiger partial charge in [0.05, 0.1) is 12.5 Å². The number of hydrogen-bond donors (Lipinski definition) is 0. The molecule has 7 rings (SSSR count). The summed E-state index contributed by atoms with van der Waals surface area (Å²) < 4.78 is 24.2. The van der Waals surface area contributed by atoms with Crippen LogP contribution >= 0.6 is 11.3 Å². The smallest absolute Gasteiger partial charge is 0.200 e. The minimum Gasteiger partial charge on any atom is -0.497 e. The Morgan fingerprint density at radius 3 is 2.34 bits per heavy atom. The number of nitrogens with zero attached hydrogens (tertiary/aromatic N) is 4. The number of carbonyl (C=O) groups is 1. The van der Waals surface area contributed by atoms with E-state index < -0.39 is 0 Å². The van der Waals surface area contributed by atoms with Gasteiger partial charge in [0.1, 0.15) is 34.3 Å². The van der Waals surface area contributed by atoms with Crippen LogP contribution in [-0.2, 0) is 12.8 Å². The van der Waals surface area contributed by atoms with Gasteiger partial charge >= 0.3 is 0 Å². The second-order valence-electron chi connectivity index (χ2n) is 11.3. The Bertz CT molecular complexity index is 1770. The first-order valence-electron chi connectivity index (χ1n) is 15.0. The van der Waals surface area contributed by atoms with Crippen LogP contribution in [0.15, 0.2) is 79.1 Å². The Hall–Kier alpha value is -4.50. The third-order valence-electron chi connectivity index (χ3n) is 8.73. The Kier molecular flexibility index (Phi) is 7.87. The van der Waals surface area contributed by atoms with Gasteiger partial charge < -0.3 is 19.3 Å². The maximum absolute atomic E-state index is 13.1. The molecule has 7 nitrogen and oxygen atoms in total. The maximum atomic E-state index is 13.1. The Morgan fingerprint density at radius 1 is 0.909 bits per heavy atom. The fraction of sp³-hybridized carbons (Fsp3) is 0.286. The number of anilines is 2. The molecule has 3 heterocycles. The van der Waals surface area contributed by atoms with Crippen molar-refractivity contribution in [3.05, 3.63) is 107 Å². The Balaban J connectivity index is 1.01. The largest absolute Gasteiger partial charge is 0.497 e. The first kappa shape index (κ1) is 28.3. The molecule has 0 saturated carbocycles. The molecule has 9 heteroatoms. The highest BCUT2D eigenvalue weighted by atomic mass is 32.1. The number of piperazine rings is 1. The number of rotatable bonds is 8. The van der Waals surface area contributed by atoms with Crippen molar-refractivity contribution in [1.29, 1.82) is 0 Å². The number of Topliss-reactive ketones (excluding diaryl/α,β-unsaturated/α-hetero) is 1. The quantitative estimate of drug-likeness (QED) is 0.182. The van der Waals surface area contributed by atoms with Gasteiger partial charge in [-0.05, 0) is 97.0 Å². The predicted octanol–water partition coefficient (Wildman–Crippen LogP) is 6.70. The monoisotopic (exact) mass is 608 g/mol. The highest BCUT2D eigenvalue weighted by Gasteiger charge is 2.28. The summed E-state index contributed by atoms with van der Waals surface area (Å²) in [4.78, 5) is 29.2. The number of methoxy groups -OCH3 is 1. The molecular weight excluding hydrogens is 575 g/mol. The van der Waals surface area contributed by atoms with E-state index in [0.717, 1.165) is 61.8 Å². The van der Waals surface area contributed by atoms with E-state index in [2.05, 4.69) is 39.0 Å². The van der Waals surface area contributed by atoms with Crippen LogP contribution in [0.5, 0.6) is 11.5 Å². The SMILES string of the molecule is COc1ccc(N2CCN(c3ncnc4sc5c(c34)CCC(c3ccc(OCC(=O)c4ccc(F)cc4)cc3)C5)CC2)cc1. The molecule has 1 unspecified atom stereocenters. The van der Waals surface area contributed by atoms with Crippen molar-refractivity contribution >= 4 is 38.8 Å². The highest BCUT2D eigenvalue weighted by Crippen LogP contribution is 2.43.